The van der Waals surface area contributed by atoms with E-state index in [1.807, 2.05) is 60.7 Å². The number of nitrogens with zero attached hydrogens (tertiary/aromatic N) is 4. The Labute approximate surface area is 284 Å². The van der Waals surface area contributed by atoms with Gasteiger partial charge >= 0.3 is 0 Å². The highest BCUT2D eigenvalue weighted by Crippen LogP contribution is 2.22. The van der Waals surface area contributed by atoms with Crippen LogP contribution in [0.5, 0.6) is 5.75 Å². The van der Waals surface area contributed by atoms with Crippen LogP contribution in [0.4, 0.5) is 11.4 Å². The molecule has 2 aromatic carbocycles. The van der Waals surface area contributed by atoms with Crippen LogP contribution in [0, 0.1) is 0 Å². The molecule has 3 aromatic heterocycles. The summed E-state index contributed by atoms with van der Waals surface area (Å²) in [4.78, 5) is 46.6. The van der Waals surface area contributed by atoms with Crippen molar-refractivity contribution in [2.75, 3.05) is 57.1 Å². The van der Waals surface area contributed by atoms with Gasteiger partial charge in [-0.25, -0.2) is 4.98 Å². The first-order valence-electron chi connectivity index (χ1n) is 16.0. The summed E-state index contributed by atoms with van der Waals surface area (Å²) in [6.45, 7) is 4.38. The third-order valence-electron chi connectivity index (χ3n) is 8.36. The third kappa shape index (κ3) is 8.06. The molecule has 12 nitrogen and oxygen atoms in total. The van der Waals surface area contributed by atoms with E-state index < -0.39 is 0 Å². The average Bonchev–Trinajstić information content (AvgIpc) is 3.68. The molecule has 0 saturated carbocycles. The lowest BCUT2D eigenvalue weighted by Crippen LogP contribution is -2.41. The Bertz CT molecular complexity index is 2010. The second-order valence-electron chi connectivity index (χ2n) is 11.8. The molecule has 0 bridgehead atoms. The van der Waals surface area contributed by atoms with Crippen LogP contribution in [-0.2, 0) is 18.8 Å². The normalized spacial score (nSPS) is 13.4. The number of morpholine rings is 1. The number of methoxy groups -OCH3 is 1. The van der Waals surface area contributed by atoms with Crippen LogP contribution < -0.4 is 20.7 Å². The largest absolute Gasteiger partial charge is 0.497 e. The number of pyridine rings is 1. The number of fused-ring (bicyclic) bond motifs is 1. The molecule has 0 radical (unpaired) electrons. The number of benzene rings is 2. The van der Waals surface area contributed by atoms with Crippen molar-refractivity contribution in [2.24, 2.45) is 14.1 Å². The number of hydrogen-bond acceptors (Lipinski definition) is 7. The lowest BCUT2D eigenvalue weighted by Gasteiger charge is -2.26. The zero-order valence-corrected chi connectivity index (χ0v) is 27.7. The van der Waals surface area contributed by atoms with E-state index in [-0.39, 0.29) is 17.7 Å². The minimum absolute atomic E-state index is 0.219. The Hall–Kier alpha value is -5.72. The maximum Gasteiger partial charge on any atom is 0.272 e. The van der Waals surface area contributed by atoms with Crippen LogP contribution in [-0.4, -0.2) is 83.2 Å². The Morgan fingerprint density at radius 3 is 2.20 bits per heavy atom. The lowest BCUT2D eigenvalue weighted by molar-refractivity contribution is 0.0383. The molecule has 1 saturated heterocycles. The van der Waals surface area contributed by atoms with Crippen molar-refractivity contribution in [3.05, 3.63) is 107 Å². The van der Waals surface area contributed by atoms with E-state index in [1.165, 1.54) is 0 Å². The van der Waals surface area contributed by atoms with E-state index >= 15 is 0 Å². The number of carbonyl (C=O) groups is 3. The molecule has 5 aromatic rings. The highest BCUT2D eigenvalue weighted by Gasteiger charge is 2.19. The van der Waals surface area contributed by atoms with Crippen molar-refractivity contribution in [3.8, 4) is 5.75 Å². The van der Waals surface area contributed by atoms with Gasteiger partial charge in [0.25, 0.3) is 17.7 Å². The minimum atomic E-state index is -0.381. The summed E-state index contributed by atoms with van der Waals surface area (Å²) >= 11 is 0. The molecule has 1 fully saturated rings. The predicted molar refractivity (Wildman–Crippen MR) is 190 cm³/mol. The summed E-state index contributed by atoms with van der Waals surface area (Å²) in [5.74, 6) is -0.166. The number of rotatable bonds is 11. The number of hydrogen-bond donors (Lipinski definition) is 3. The summed E-state index contributed by atoms with van der Waals surface area (Å²) in [5, 5.41) is 9.55. The van der Waals surface area contributed by atoms with Gasteiger partial charge in [-0.1, -0.05) is 36.4 Å². The molecule has 252 valence electrons. The minimum Gasteiger partial charge on any atom is -0.497 e. The molecule has 0 atom stereocenters. The predicted octanol–water partition coefficient (Wildman–Crippen LogP) is 4.66. The average molecular weight is 662 g/mol. The topological polar surface area (TPSA) is 132 Å². The molecule has 0 spiro atoms. The first-order chi connectivity index (χ1) is 23.8. The first-order valence-corrected chi connectivity index (χ1v) is 16.0. The van der Waals surface area contributed by atoms with Gasteiger partial charge in [-0.15, -0.1) is 0 Å². The summed E-state index contributed by atoms with van der Waals surface area (Å²) in [7, 11) is 5.11. The van der Waals surface area contributed by atoms with Crippen molar-refractivity contribution >= 4 is 52.2 Å². The monoisotopic (exact) mass is 661 g/mol. The smallest absolute Gasteiger partial charge is 0.272 e. The molecule has 1 aliphatic heterocycles. The highest BCUT2D eigenvalue weighted by atomic mass is 16.5. The molecule has 49 heavy (non-hydrogen) atoms. The third-order valence-corrected chi connectivity index (χ3v) is 8.36. The van der Waals surface area contributed by atoms with Crippen LogP contribution in [0.25, 0.3) is 23.1 Å². The first kappa shape index (κ1) is 33.2. The van der Waals surface area contributed by atoms with Gasteiger partial charge in [0.15, 0.2) is 0 Å². The number of aryl methyl sites for hydroxylation is 2. The number of nitrogens with one attached hydrogen (secondary N) is 3. The Morgan fingerprint density at radius 2 is 1.51 bits per heavy atom. The van der Waals surface area contributed by atoms with Gasteiger partial charge in [-0.3, -0.25) is 19.3 Å². The molecular weight excluding hydrogens is 622 g/mol. The molecule has 0 aliphatic carbocycles. The van der Waals surface area contributed by atoms with E-state index in [1.54, 1.807) is 60.9 Å². The zero-order valence-electron chi connectivity index (χ0n) is 27.7. The summed E-state index contributed by atoms with van der Waals surface area (Å²) in [6, 6.07) is 20.2. The summed E-state index contributed by atoms with van der Waals surface area (Å²) in [5.41, 5.74) is 4.37. The standard InChI is InChI=1S/C37H39N7O5/c1-42-24-29(21-32(42)36(46)38-15-16-44-17-19-49-20-18-44)41-37(47)33-22-28(23-43(33)2)40-35(45)31-6-4-5-26-10-12-27(39-34(26)31)11-7-25-8-13-30(48-3)14-9-25/h4-14,21-24H,15-20H2,1-3H3,(H,38,46)(H,40,45)(H,41,47). The SMILES string of the molecule is COc1ccc(C=Cc2ccc3cccc(C(=O)Nc4cc(C(=O)Nc5cc(C(=O)NCCN6CCOCC6)n(C)c5)n(C)c4)c3n2)cc1. The molecule has 0 unspecified atom stereocenters. The maximum absolute atomic E-state index is 13.5. The number of carbonyl (C=O) groups excluding carboxylic acids is 3. The summed E-state index contributed by atoms with van der Waals surface area (Å²) < 4.78 is 13.9. The van der Waals surface area contributed by atoms with Crippen LogP contribution >= 0.6 is 0 Å². The number of amides is 3. The molecule has 6 rings (SSSR count). The molecule has 4 heterocycles. The van der Waals surface area contributed by atoms with E-state index in [0.29, 0.717) is 59.3 Å². The maximum atomic E-state index is 13.5. The van der Waals surface area contributed by atoms with Crippen molar-refractivity contribution in [2.45, 2.75) is 0 Å². The van der Waals surface area contributed by atoms with Crippen LogP contribution in [0.1, 0.15) is 42.6 Å². The van der Waals surface area contributed by atoms with Crippen LogP contribution in [0.2, 0.25) is 0 Å². The van der Waals surface area contributed by atoms with Crippen molar-refractivity contribution in [3.63, 3.8) is 0 Å². The fourth-order valence-corrected chi connectivity index (χ4v) is 5.69. The van der Waals surface area contributed by atoms with Gasteiger partial charge in [0, 0.05) is 58.1 Å². The fourth-order valence-electron chi connectivity index (χ4n) is 5.69. The van der Waals surface area contributed by atoms with Crippen molar-refractivity contribution in [1.82, 2.24) is 24.3 Å². The quantitative estimate of drug-likeness (QED) is 0.188. The van der Waals surface area contributed by atoms with E-state index in [2.05, 4.69) is 20.9 Å². The molecule has 3 amide bonds. The number of ether oxygens (including phenoxy) is 2. The number of para-hydroxylation sites is 1. The van der Waals surface area contributed by atoms with Crippen molar-refractivity contribution < 1.29 is 23.9 Å². The van der Waals surface area contributed by atoms with Gasteiger partial charge in [0.05, 0.1) is 48.5 Å². The second-order valence-corrected chi connectivity index (χ2v) is 11.8. The second kappa shape index (κ2) is 15.0. The number of aromatic nitrogens is 3. The Kier molecular flexibility index (Phi) is 10.2. The molecule has 12 heteroatoms. The van der Waals surface area contributed by atoms with Gasteiger partial charge < -0.3 is 34.6 Å². The molecule has 3 N–H and O–H groups in total. The Balaban J connectivity index is 1.10. The van der Waals surface area contributed by atoms with E-state index in [0.717, 1.165) is 36.3 Å². The van der Waals surface area contributed by atoms with E-state index in [4.69, 9.17) is 14.5 Å². The molecule has 1 aliphatic rings. The van der Waals surface area contributed by atoms with Gasteiger partial charge in [0.2, 0.25) is 0 Å². The molecular formula is C37H39N7O5. The van der Waals surface area contributed by atoms with Crippen LogP contribution in [0.15, 0.2) is 79.1 Å². The Morgan fingerprint density at radius 1 is 0.837 bits per heavy atom. The van der Waals surface area contributed by atoms with Gasteiger partial charge in [-0.05, 0) is 48.0 Å². The van der Waals surface area contributed by atoms with Gasteiger partial charge in [0.1, 0.15) is 17.1 Å². The zero-order chi connectivity index (χ0) is 34.3. The lowest BCUT2D eigenvalue weighted by atomic mass is 10.1. The fraction of sp³-hybridized carbons (Fsp3) is 0.243. The summed E-state index contributed by atoms with van der Waals surface area (Å²) in [6.07, 6.45) is 7.21. The van der Waals surface area contributed by atoms with Crippen LogP contribution in [0.3, 0.4) is 0 Å². The van der Waals surface area contributed by atoms with Gasteiger partial charge in [-0.2, -0.15) is 0 Å². The van der Waals surface area contributed by atoms with Crippen molar-refractivity contribution in [1.29, 1.82) is 0 Å². The van der Waals surface area contributed by atoms with E-state index in [9.17, 15) is 14.4 Å². The number of anilines is 2. The highest BCUT2D eigenvalue weighted by molar-refractivity contribution is 6.12.